The second-order valence-corrected chi connectivity index (χ2v) is 5.66. The molecular weight excluding hydrogens is 234 g/mol. The molecule has 104 valence electrons. The summed E-state index contributed by atoms with van der Waals surface area (Å²) >= 11 is 0. The first-order chi connectivity index (χ1) is 8.29. The summed E-state index contributed by atoms with van der Waals surface area (Å²) in [4.78, 5) is 13.0. The van der Waals surface area contributed by atoms with Crippen LogP contribution >= 0.6 is 0 Å². The van der Waals surface area contributed by atoms with E-state index in [0.29, 0.717) is 6.61 Å². The maximum Gasteiger partial charge on any atom is 0.408 e. The molecule has 1 N–H and O–H groups in total. The summed E-state index contributed by atoms with van der Waals surface area (Å²) < 4.78 is 10.6. The Morgan fingerprint density at radius 3 is 2.56 bits per heavy atom. The minimum atomic E-state index is -0.972. The second-order valence-electron chi connectivity index (χ2n) is 5.66. The number of carbonyl (C=O) groups is 1. The molecule has 1 aliphatic heterocycles. The summed E-state index contributed by atoms with van der Waals surface area (Å²) in [6.07, 6.45) is 0.524. The average Bonchev–Trinajstić information content (AvgIpc) is 2.24. The lowest BCUT2D eigenvalue weighted by molar-refractivity contribution is -0.172. The van der Waals surface area contributed by atoms with Gasteiger partial charge in [0, 0.05) is 0 Å². The van der Waals surface area contributed by atoms with Crippen LogP contribution in [0.15, 0.2) is 12.7 Å². The number of amides is 1. The summed E-state index contributed by atoms with van der Waals surface area (Å²) in [5, 5.41) is 9.48. The van der Waals surface area contributed by atoms with E-state index in [9.17, 15) is 9.90 Å². The van der Waals surface area contributed by atoms with E-state index in [1.165, 1.54) is 4.90 Å². The van der Waals surface area contributed by atoms with Gasteiger partial charge in [-0.2, -0.15) is 0 Å². The normalized spacial score (nSPS) is 26.4. The molecule has 1 rings (SSSR count). The van der Waals surface area contributed by atoms with Crippen LogP contribution in [-0.4, -0.2) is 47.7 Å². The molecule has 0 bridgehead atoms. The Balaban J connectivity index is 3.00. The average molecular weight is 257 g/mol. The third-order valence-corrected chi connectivity index (χ3v) is 3.23. The minimum absolute atomic E-state index is 0.181. The van der Waals surface area contributed by atoms with Crippen LogP contribution in [-0.2, 0) is 9.47 Å². The van der Waals surface area contributed by atoms with Gasteiger partial charge in [-0.05, 0) is 12.3 Å². The van der Waals surface area contributed by atoms with Crippen LogP contribution in [0.2, 0.25) is 0 Å². The molecule has 5 nitrogen and oxygen atoms in total. The zero-order valence-electron chi connectivity index (χ0n) is 11.5. The van der Waals surface area contributed by atoms with E-state index in [0.717, 1.165) is 0 Å². The van der Waals surface area contributed by atoms with Crippen molar-refractivity contribution in [3.05, 3.63) is 12.7 Å². The van der Waals surface area contributed by atoms with Crippen molar-refractivity contribution in [1.29, 1.82) is 0 Å². The van der Waals surface area contributed by atoms with E-state index < -0.39 is 6.09 Å². The predicted octanol–water partition coefficient (Wildman–Crippen LogP) is 2.33. The summed E-state index contributed by atoms with van der Waals surface area (Å²) in [7, 11) is 0. The molecular formula is C13H23NO4. The van der Waals surface area contributed by atoms with Crippen molar-refractivity contribution in [3.8, 4) is 0 Å². The van der Waals surface area contributed by atoms with Gasteiger partial charge in [0.05, 0.1) is 24.8 Å². The molecule has 1 fully saturated rings. The first-order valence-corrected chi connectivity index (χ1v) is 6.12. The highest BCUT2D eigenvalue weighted by atomic mass is 16.7. The molecule has 0 spiro atoms. The van der Waals surface area contributed by atoms with Crippen LogP contribution in [0, 0.1) is 5.41 Å². The maximum absolute atomic E-state index is 11.6. The third-order valence-electron chi connectivity index (χ3n) is 3.23. The van der Waals surface area contributed by atoms with E-state index in [4.69, 9.17) is 9.47 Å². The molecule has 0 aromatic heterocycles. The van der Waals surface area contributed by atoms with Gasteiger partial charge in [0.2, 0.25) is 0 Å². The van der Waals surface area contributed by atoms with Gasteiger partial charge in [0.15, 0.2) is 0 Å². The Morgan fingerprint density at radius 2 is 2.17 bits per heavy atom. The second kappa shape index (κ2) is 5.71. The predicted molar refractivity (Wildman–Crippen MR) is 68.5 cm³/mol. The number of hydrogen-bond acceptors (Lipinski definition) is 3. The standard InChI is InChI=1S/C13H23NO4/c1-6-11(13(3,4)5)14(12(15)16)10-7-17-8-18-9(10)2/h6,9-11H,1,7-8H2,2-5H3,(H,15,16)/t9-,10-,11?/m1/s1. The van der Waals surface area contributed by atoms with Crippen molar-refractivity contribution in [2.75, 3.05) is 13.4 Å². The van der Waals surface area contributed by atoms with Gasteiger partial charge in [0.1, 0.15) is 6.79 Å². The zero-order valence-corrected chi connectivity index (χ0v) is 11.5. The summed E-state index contributed by atoms with van der Waals surface area (Å²) in [6, 6.07) is -0.591. The van der Waals surface area contributed by atoms with Gasteiger partial charge in [-0.25, -0.2) is 4.79 Å². The van der Waals surface area contributed by atoms with Crippen molar-refractivity contribution in [2.24, 2.45) is 5.41 Å². The highest BCUT2D eigenvalue weighted by Crippen LogP contribution is 2.29. The van der Waals surface area contributed by atoms with Crippen molar-refractivity contribution in [2.45, 2.75) is 45.9 Å². The fraction of sp³-hybridized carbons (Fsp3) is 0.769. The molecule has 1 amide bonds. The molecule has 1 aliphatic rings. The van der Waals surface area contributed by atoms with Crippen LogP contribution in [0.4, 0.5) is 4.79 Å². The van der Waals surface area contributed by atoms with E-state index in [1.54, 1.807) is 6.08 Å². The molecule has 0 aromatic rings. The molecule has 5 heteroatoms. The number of hydrogen-bond donors (Lipinski definition) is 1. The van der Waals surface area contributed by atoms with E-state index in [1.807, 2.05) is 27.7 Å². The topological polar surface area (TPSA) is 59.0 Å². The van der Waals surface area contributed by atoms with Crippen molar-refractivity contribution < 1.29 is 19.4 Å². The van der Waals surface area contributed by atoms with Crippen LogP contribution in [0.5, 0.6) is 0 Å². The van der Waals surface area contributed by atoms with Gasteiger partial charge in [-0.15, -0.1) is 6.58 Å². The molecule has 1 heterocycles. The quantitative estimate of drug-likeness (QED) is 0.788. The lowest BCUT2D eigenvalue weighted by atomic mass is 9.84. The van der Waals surface area contributed by atoms with Crippen LogP contribution in [0.1, 0.15) is 27.7 Å². The lowest BCUT2D eigenvalue weighted by Crippen LogP contribution is -2.58. The summed E-state index contributed by atoms with van der Waals surface area (Å²) in [5.41, 5.74) is -0.225. The highest BCUT2D eigenvalue weighted by molar-refractivity contribution is 5.66. The highest BCUT2D eigenvalue weighted by Gasteiger charge is 2.39. The fourth-order valence-electron chi connectivity index (χ4n) is 2.23. The Bertz CT molecular complexity index is 311. The number of rotatable bonds is 3. The number of carboxylic acid groups (broad SMARTS) is 1. The SMILES string of the molecule is C=CC(N(C(=O)O)[C@@H]1COCO[C@@H]1C)C(C)(C)C. The monoisotopic (exact) mass is 257 g/mol. The van der Waals surface area contributed by atoms with Gasteiger partial charge in [0.25, 0.3) is 0 Å². The molecule has 18 heavy (non-hydrogen) atoms. The maximum atomic E-state index is 11.6. The molecule has 0 radical (unpaired) electrons. The first-order valence-electron chi connectivity index (χ1n) is 6.12. The van der Waals surface area contributed by atoms with Crippen molar-refractivity contribution in [3.63, 3.8) is 0 Å². The first kappa shape index (κ1) is 15.0. The Hall–Kier alpha value is -1.07. The Kier molecular flexibility index (Phi) is 4.76. The largest absolute Gasteiger partial charge is 0.465 e. The van der Waals surface area contributed by atoms with Crippen LogP contribution < -0.4 is 0 Å². The van der Waals surface area contributed by atoms with Crippen molar-refractivity contribution >= 4 is 6.09 Å². The van der Waals surface area contributed by atoms with Gasteiger partial charge >= 0.3 is 6.09 Å². The van der Waals surface area contributed by atoms with Crippen LogP contribution in [0.3, 0.4) is 0 Å². The van der Waals surface area contributed by atoms with Crippen LogP contribution in [0.25, 0.3) is 0 Å². The molecule has 0 aliphatic carbocycles. The fourth-order valence-corrected chi connectivity index (χ4v) is 2.23. The molecule has 1 unspecified atom stereocenters. The summed E-state index contributed by atoms with van der Waals surface area (Å²) in [6.45, 7) is 12.2. The number of nitrogens with zero attached hydrogens (tertiary/aromatic N) is 1. The molecule has 3 atom stereocenters. The Labute approximate surface area is 108 Å². The van der Waals surface area contributed by atoms with E-state index >= 15 is 0 Å². The van der Waals surface area contributed by atoms with Gasteiger partial charge < -0.3 is 14.6 Å². The van der Waals surface area contributed by atoms with Gasteiger partial charge in [-0.3, -0.25) is 4.90 Å². The third kappa shape index (κ3) is 3.23. The lowest BCUT2D eigenvalue weighted by Gasteiger charge is -2.44. The van der Waals surface area contributed by atoms with E-state index in [2.05, 4.69) is 6.58 Å². The molecule has 1 saturated heterocycles. The van der Waals surface area contributed by atoms with Crippen molar-refractivity contribution in [1.82, 2.24) is 4.90 Å². The molecule has 0 saturated carbocycles. The van der Waals surface area contributed by atoms with E-state index in [-0.39, 0.29) is 30.4 Å². The molecule has 0 aromatic carbocycles. The smallest absolute Gasteiger partial charge is 0.408 e. The summed E-state index contributed by atoms with van der Waals surface area (Å²) in [5.74, 6) is 0. The number of ether oxygens (including phenoxy) is 2. The Morgan fingerprint density at radius 1 is 1.56 bits per heavy atom. The zero-order chi connectivity index (χ0) is 13.9. The van der Waals surface area contributed by atoms with Gasteiger partial charge in [-0.1, -0.05) is 26.8 Å². The minimum Gasteiger partial charge on any atom is -0.465 e.